The van der Waals surface area contributed by atoms with Crippen LogP contribution < -0.4 is 0 Å². The summed E-state index contributed by atoms with van der Waals surface area (Å²) in [7, 11) is 0. The van der Waals surface area contributed by atoms with Crippen molar-refractivity contribution in [1.82, 2.24) is 0 Å². The average Bonchev–Trinajstić information content (AvgIpc) is 3.24. The summed E-state index contributed by atoms with van der Waals surface area (Å²) in [5, 5.41) is 0. The Kier molecular flexibility index (Phi) is 6.24. The van der Waals surface area contributed by atoms with Crippen molar-refractivity contribution in [3.63, 3.8) is 0 Å². The molecule has 4 heteroatoms. The smallest absolute Gasteiger partial charge is 0.147 e. The van der Waals surface area contributed by atoms with Crippen LogP contribution in [-0.4, -0.2) is 12.0 Å². The van der Waals surface area contributed by atoms with Crippen LogP contribution in [0.4, 0.5) is 0 Å². The first-order valence-electron chi connectivity index (χ1n) is 9.17. The Morgan fingerprint density at radius 1 is 0.846 bits per heavy atom. The summed E-state index contributed by atoms with van der Waals surface area (Å²) in [6, 6.07) is 17.9. The SMILES string of the molecule is CC[O][Zr]([CH]1C=Cc2ccccc21)([CH]1C=Cc2ccccc21)=[Si](C)C.Cl. The molecule has 0 spiro atoms. The van der Waals surface area contributed by atoms with E-state index in [0.717, 1.165) is 6.61 Å². The Balaban J connectivity index is 0.00000196. The van der Waals surface area contributed by atoms with Crippen molar-refractivity contribution in [2.45, 2.75) is 27.3 Å². The van der Waals surface area contributed by atoms with Crippen molar-refractivity contribution in [1.29, 1.82) is 0 Å². The zero-order valence-electron chi connectivity index (χ0n) is 15.6. The van der Waals surface area contributed by atoms with E-state index in [4.69, 9.17) is 2.81 Å². The third kappa shape index (κ3) is 3.07. The number of hydrogen-bond acceptors (Lipinski definition) is 1. The fourth-order valence-electron chi connectivity index (χ4n) is 4.63. The van der Waals surface area contributed by atoms with Crippen LogP contribution in [0.1, 0.15) is 36.4 Å². The summed E-state index contributed by atoms with van der Waals surface area (Å²) in [6.07, 6.45) is 9.62. The molecule has 2 aliphatic rings. The first-order valence-corrected chi connectivity index (χ1v) is 19.2. The summed E-state index contributed by atoms with van der Waals surface area (Å²) in [4.78, 5) is 0. The normalized spacial score (nSPS) is 21.7. The first-order chi connectivity index (χ1) is 12.2. The topological polar surface area (TPSA) is 9.23 Å². The van der Waals surface area contributed by atoms with Crippen LogP contribution in [0.25, 0.3) is 12.2 Å². The molecule has 0 heterocycles. The average molecular weight is 461 g/mol. The Hall–Kier alpha value is -0.730. The Bertz CT molecular complexity index is 862. The van der Waals surface area contributed by atoms with Crippen molar-refractivity contribution in [3.05, 3.63) is 82.9 Å². The summed E-state index contributed by atoms with van der Waals surface area (Å²) in [5.74, 6) is 0. The van der Waals surface area contributed by atoms with Gasteiger partial charge in [0.2, 0.25) is 0 Å². The number of hydrogen-bond donors (Lipinski definition) is 0. The van der Waals surface area contributed by atoms with Gasteiger partial charge < -0.3 is 0 Å². The van der Waals surface area contributed by atoms with Crippen LogP contribution in [0.3, 0.4) is 0 Å². The summed E-state index contributed by atoms with van der Waals surface area (Å²) in [5.41, 5.74) is 5.25. The zero-order valence-corrected chi connectivity index (χ0v) is 19.9. The van der Waals surface area contributed by atoms with Gasteiger partial charge >= 0.3 is 157 Å². The molecular weight excluding hydrogens is 435 g/mol. The van der Waals surface area contributed by atoms with Gasteiger partial charge in [-0.25, -0.2) is 0 Å². The van der Waals surface area contributed by atoms with E-state index >= 15 is 0 Å². The van der Waals surface area contributed by atoms with Crippen molar-refractivity contribution in [2.75, 3.05) is 6.61 Å². The van der Waals surface area contributed by atoms with Crippen molar-refractivity contribution < 1.29 is 22.1 Å². The third-order valence-corrected chi connectivity index (χ3v) is 32.2. The molecule has 0 aliphatic heterocycles. The molecule has 2 unspecified atom stereocenters. The Labute approximate surface area is 168 Å². The van der Waals surface area contributed by atoms with Gasteiger partial charge in [-0.3, -0.25) is 0 Å². The fourth-order valence-corrected chi connectivity index (χ4v) is 29.7. The second kappa shape index (κ2) is 8.10. The van der Waals surface area contributed by atoms with Crippen LogP contribution in [0.15, 0.2) is 60.7 Å². The number of halogens is 1. The quantitative estimate of drug-likeness (QED) is 0.486. The van der Waals surface area contributed by atoms with Crippen molar-refractivity contribution in [2.24, 2.45) is 0 Å². The third-order valence-electron chi connectivity index (χ3n) is 5.69. The minimum absolute atomic E-state index is 0. The van der Waals surface area contributed by atoms with Gasteiger partial charge in [0.05, 0.1) is 0 Å². The largest absolute Gasteiger partial charge is 0.147 e. The molecule has 2 aliphatic carbocycles. The van der Waals surface area contributed by atoms with Gasteiger partial charge in [0.25, 0.3) is 0 Å². The van der Waals surface area contributed by atoms with Crippen LogP contribution >= 0.6 is 12.4 Å². The fraction of sp³-hybridized carbons (Fsp3) is 0.273. The molecule has 0 bridgehead atoms. The van der Waals surface area contributed by atoms with Gasteiger partial charge in [0.15, 0.2) is 0 Å². The second-order valence-electron chi connectivity index (χ2n) is 7.16. The number of benzene rings is 2. The van der Waals surface area contributed by atoms with E-state index in [1.54, 1.807) is 0 Å². The molecule has 2 atom stereocenters. The van der Waals surface area contributed by atoms with E-state index in [9.17, 15) is 0 Å². The molecule has 0 aromatic heterocycles. The molecule has 0 amide bonds. The van der Waals surface area contributed by atoms with Gasteiger partial charge in [-0.15, -0.1) is 12.4 Å². The molecular formula is C22H26ClOSiZr. The molecule has 0 radical (unpaired) electrons. The van der Waals surface area contributed by atoms with E-state index in [1.807, 2.05) is 0 Å². The second-order valence-corrected chi connectivity index (χ2v) is 28.8. The van der Waals surface area contributed by atoms with Crippen LogP contribution in [0, 0.1) is 0 Å². The molecule has 1 nitrogen and oxygen atoms in total. The maximum Gasteiger partial charge on any atom is -0.147 e. The van der Waals surface area contributed by atoms with E-state index < -0.39 is 24.8 Å². The molecule has 2 aromatic rings. The first kappa shape index (κ1) is 20.0. The van der Waals surface area contributed by atoms with E-state index in [1.165, 1.54) is 22.3 Å². The molecule has 2 aromatic carbocycles. The molecule has 0 fully saturated rings. The van der Waals surface area contributed by atoms with Gasteiger partial charge in [0.1, 0.15) is 0 Å². The Morgan fingerprint density at radius 2 is 1.31 bits per heavy atom. The summed E-state index contributed by atoms with van der Waals surface area (Å²) >= 11 is -3.06. The molecule has 0 N–H and O–H groups in total. The van der Waals surface area contributed by atoms with Gasteiger partial charge in [0, 0.05) is 0 Å². The molecule has 4 rings (SSSR count). The van der Waals surface area contributed by atoms with Gasteiger partial charge in [-0.1, -0.05) is 0 Å². The van der Waals surface area contributed by atoms with Crippen molar-refractivity contribution in [3.8, 4) is 0 Å². The van der Waals surface area contributed by atoms with Crippen LogP contribution in [0.5, 0.6) is 0 Å². The van der Waals surface area contributed by atoms with E-state index in [-0.39, 0.29) is 12.4 Å². The Morgan fingerprint density at radius 3 is 1.73 bits per heavy atom. The van der Waals surface area contributed by atoms with E-state index in [0.29, 0.717) is 7.25 Å². The van der Waals surface area contributed by atoms with Crippen LogP contribution in [-0.2, 0) is 22.1 Å². The predicted molar refractivity (Wildman–Crippen MR) is 113 cm³/mol. The molecule has 135 valence electrons. The molecule has 26 heavy (non-hydrogen) atoms. The monoisotopic (exact) mass is 459 g/mol. The van der Waals surface area contributed by atoms with Crippen LogP contribution in [0.2, 0.25) is 13.1 Å². The zero-order chi connectivity index (χ0) is 17.4. The summed E-state index contributed by atoms with van der Waals surface area (Å²) < 4.78 is 7.97. The van der Waals surface area contributed by atoms with E-state index in [2.05, 4.69) is 92.9 Å². The summed E-state index contributed by atoms with van der Waals surface area (Å²) in [6.45, 7) is 8.02. The maximum atomic E-state index is 6.93. The minimum atomic E-state index is -3.06. The standard InChI is InChI=1S/2C9H7.C2H5O.C2H6Si.ClH.Zr/c2*1-2-5-9-7-3-6-8(9)4-1;1-2-3;1-3-2;;/h2*1-7H;2H2,1H3;1-2H3;1H;/q;;-1;;;+1. The predicted octanol–water partition coefficient (Wildman–Crippen LogP) is 6.30. The number of allylic oxidation sites excluding steroid dienone is 2. The number of rotatable bonds is 4. The van der Waals surface area contributed by atoms with Crippen molar-refractivity contribution >= 4 is 30.0 Å². The van der Waals surface area contributed by atoms with Gasteiger partial charge in [-0.05, 0) is 0 Å². The minimum Gasteiger partial charge on any atom is -0.147 e. The number of fused-ring (bicyclic) bond motifs is 2. The molecule has 0 saturated heterocycles. The maximum absolute atomic E-state index is 6.93. The van der Waals surface area contributed by atoms with Gasteiger partial charge in [-0.2, -0.15) is 0 Å². The molecule has 0 saturated carbocycles.